The fourth-order valence-corrected chi connectivity index (χ4v) is 1.97. The minimum Gasteiger partial charge on any atom is -0.495 e. The molecule has 0 bridgehead atoms. The van der Waals surface area contributed by atoms with E-state index in [0.29, 0.717) is 10.8 Å². The Morgan fingerprint density at radius 2 is 2.20 bits per heavy atom. The van der Waals surface area contributed by atoms with E-state index in [1.807, 2.05) is 19.2 Å². The summed E-state index contributed by atoms with van der Waals surface area (Å²) in [5.41, 5.74) is 1.77. The van der Waals surface area contributed by atoms with E-state index >= 15 is 0 Å². The SMILES string of the molecule is COc1cc2c(cc1Cl)N=CC(C)C2=S. The molecule has 0 aliphatic carbocycles. The number of thiocarbonyl (C=S) groups is 1. The molecular weight excluding hydrogens is 230 g/mol. The molecule has 0 saturated heterocycles. The van der Waals surface area contributed by atoms with Crippen LogP contribution in [0.15, 0.2) is 17.1 Å². The van der Waals surface area contributed by atoms with Crippen molar-refractivity contribution >= 4 is 40.6 Å². The Hall–Kier alpha value is -0.930. The van der Waals surface area contributed by atoms with Crippen LogP contribution in [0.2, 0.25) is 5.02 Å². The van der Waals surface area contributed by atoms with Gasteiger partial charge in [0, 0.05) is 22.6 Å². The van der Waals surface area contributed by atoms with E-state index in [1.54, 1.807) is 13.2 Å². The molecule has 15 heavy (non-hydrogen) atoms. The van der Waals surface area contributed by atoms with Crippen molar-refractivity contribution in [2.24, 2.45) is 10.9 Å². The zero-order chi connectivity index (χ0) is 11.0. The molecule has 2 rings (SSSR count). The summed E-state index contributed by atoms with van der Waals surface area (Å²) in [5.74, 6) is 0.834. The monoisotopic (exact) mass is 239 g/mol. The second-order valence-electron chi connectivity index (χ2n) is 3.43. The molecule has 1 unspecified atom stereocenters. The van der Waals surface area contributed by atoms with Gasteiger partial charge >= 0.3 is 0 Å². The third-order valence-corrected chi connectivity index (χ3v) is 3.27. The smallest absolute Gasteiger partial charge is 0.138 e. The van der Waals surface area contributed by atoms with Gasteiger partial charge in [0.05, 0.1) is 17.8 Å². The number of aliphatic imine (C=N–C) groups is 1. The molecular formula is C11H10ClNOS. The number of nitrogens with zero attached hydrogens (tertiary/aromatic N) is 1. The summed E-state index contributed by atoms with van der Waals surface area (Å²) >= 11 is 11.3. The van der Waals surface area contributed by atoms with E-state index in [4.69, 9.17) is 28.6 Å². The maximum Gasteiger partial charge on any atom is 0.138 e. The summed E-state index contributed by atoms with van der Waals surface area (Å²) < 4.78 is 5.15. The number of benzene rings is 1. The van der Waals surface area contributed by atoms with Crippen LogP contribution in [0, 0.1) is 5.92 Å². The number of ether oxygens (including phenoxy) is 1. The molecule has 0 spiro atoms. The van der Waals surface area contributed by atoms with Crippen molar-refractivity contribution in [2.45, 2.75) is 6.92 Å². The van der Waals surface area contributed by atoms with Crippen LogP contribution >= 0.6 is 23.8 Å². The van der Waals surface area contributed by atoms with Crippen molar-refractivity contribution in [1.82, 2.24) is 0 Å². The van der Waals surface area contributed by atoms with E-state index in [9.17, 15) is 0 Å². The van der Waals surface area contributed by atoms with Gasteiger partial charge in [0.1, 0.15) is 5.75 Å². The van der Waals surface area contributed by atoms with Crippen LogP contribution in [-0.4, -0.2) is 18.2 Å². The summed E-state index contributed by atoms with van der Waals surface area (Å²) in [7, 11) is 1.59. The highest BCUT2D eigenvalue weighted by Crippen LogP contribution is 2.35. The molecule has 2 nitrogen and oxygen atoms in total. The fourth-order valence-electron chi connectivity index (χ4n) is 1.51. The molecule has 0 radical (unpaired) electrons. The Bertz CT molecular complexity index is 456. The normalized spacial score (nSPS) is 18.9. The van der Waals surface area contributed by atoms with Gasteiger partial charge in [0.25, 0.3) is 0 Å². The highest BCUT2D eigenvalue weighted by molar-refractivity contribution is 7.81. The maximum absolute atomic E-state index is 6.00. The minimum atomic E-state index is 0.193. The lowest BCUT2D eigenvalue weighted by atomic mass is 9.97. The van der Waals surface area contributed by atoms with Gasteiger partial charge < -0.3 is 4.74 Å². The third-order valence-electron chi connectivity index (χ3n) is 2.39. The standard InChI is InChI=1S/C11H10ClNOS/c1-6-5-13-9-4-8(12)10(14-2)3-7(9)11(6)15/h3-6H,1-2H3. The lowest BCUT2D eigenvalue weighted by Gasteiger charge is -2.17. The van der Waals surface area contributed by atoms with Crippen LogP contribution < -0.4 is 4.74 Å². The van der Waals surface area contributed by atoms with Crippen molar-refractivity contribution in [3.05, 3.63) is 22.7 Å². The van der Waals surface area contributed by atoms with E-state index in [0.717, 1.165) is 16.1 Å². The molecule has 78 valence electrons. The zero-order valence-corrected chi connectivity index (χ0v) is 10.0. The van der Waals surface area contributed by atoms with Crippen LogP contribution in [0.25, 0.3) is 0 Å². The Balaban J connectivity index is 2.60. The number of halogens is 1. The summed E-state index contributed by atoms with van der Waals surface area (Å²) in [4.78, 5) is 5.19. The van der Waals surface area contributed by atoms with Crippen LogP contribution in [-0.2, 0) is 0 Å². The average Bonchev–Trinajstić information content (AvgIpc) is 2.23. The first-order valence-electron chi connectivity index (χ1n) is 4.59. The number of hydrogen-bond acceptors (Lipinski definition) is 3. The molecule has 0 aromatic heterocycles. The van der Waals surface area contributed by atoms with E-state index < -0.39 is 0 Å². The Morgan fingerprint density at radius 1 is 1.47 bits per heavy atom. The first-order chi connectivity index (χ1) is 7.13. The Kier molecular flexibility index (Phi) is 2.76. The number of hydrogen-bond donors (Lipinski definition) is 0. The van der Waals surface area contributed by atoms with Gasteiger partial charge in [-0.2, -0.15) is 0 Å². The van der Waals surface area contributed by atoms with Gasteiger partial charge in [-0.15, -0.1) is 0 Å². The van der Waals surface area contributed by atoms with Gasteiger partial charge in [-0.1, -0.05) is 30.7 Å². The van der Waals surface area contributed by atoms with Crippen molar-refractivity contribution < 1.29 is 4.74 Å². The molecule has 1 aromatic rings. The zero-order valence-electron chi connectivity index (χ0n) is 8.45. The van der Waals surface area contributed by atoms with Crippen molar-refractivity contribution in [3.8, 4) is 5.75 Å². The summed E-state index contributed by atoms with van der Waals surface area (Å²) in [6, 6.07) is 3.64. The first-order valence-corrected chi connectivity index (χ1v) is 5.38. The number of methoxy groups -OCH3 is 1. The van der Waals surface area contributed by atoms with Crippen molar-refractivity contribution in [3.63, 3.8) is 0 Å². The highest BCUT2D eigenvalue weighted by atomic mass is 35.5. The first kappa shape index (κ1) is 10.6. The van der Waals surface area contributed by atoms with Gasteiger partial charge in [-0.25, -0.2) is 0 Å². The quantitative estimate of drug-likeness (QED) is 0.701. The molecule has 0 fully saturated rings. The van der Waals surface area contributed by atoms with E-state index in [1.165, 1.54) is 0 Å². The Morgan fingerprint density at radius 3 is 2.87 bits per heavy atom. The molecule has 1 aliphatic heterocycles. The fraction of sp³-hybridized carbons (Fsp3) is 0.273. The largest absolute Gasteiger partial charge is 0.495 e. The lowest BCUT2D eigenvalue weighted by Crippen LogP contribution is -2.15. The van der Waals surface area contributed by atoms with Gasteiger partial charge in [0.15, 0.2) is 0 Å². The van der Waals surface area contributed by atoms with Gasteiger partial charge in [0.2, 0.25) is 0 Å². The van der Waals surface area contributed by atoms with Crippen LogP contribution in [0.5, 0.6) is 5.75 Å². The predicted octanol–water partition coefficient (Wildman–Crippen LogP) is 3.42. The van der Waals surface area contributed by atoms with Crippen LogP contribution in [0.1, 0.15) is 12.5 Å². The second-order valence-corrected chi connectivity index (χ2v) is 4.28. The van der Waals surface area contributed by atoms with E-state index in [-0.39, 0.29) is 5.92 Å². The van der Waals surface area contributed by atoms with Gasteiger partial charge in [-0.3, -0.25) is 4.99 Å². The molecule has 1 atom stereocenters. The topological polar surface area (TPSA) is 21.6 Å². The maximum atomic E-state index is 6.00. The van der Waals surface area contributed by atoms with Crippen LogP contribution in [0.4, 0.5) is 5.69 Å². The van der Waals surface area contributed by atoms with Crippen LogP contribution in [0.3, 0.4) is 0 Å². The molecule has 0 amide bonds. The Labute approximate surface area is 98.9 Å². The van der Waals surface area contributed by atoms with Crippen molar-refractivity contribution in [1.29, 1.82) is 0 Å². The predicted molar refractivity (Wildman–Crippen MR) is 67.0 cm³/mol. The van der Waals surface area contributed by atoms with Gasteiger partial charge in [-0.05, 0) is 12.1 Å². The second kappa shape index (κ2) is 3.91. The molecule has 1 aliphatic rings. The average molecular weight is 240 g/mol. The molecule has 0 N–H and O–H groups in total. The molecule has 0 saturated carbocycles. The summed E-state index contributed by atoms with van der Waals surface area (Å²) in [5, 5.41) is 0.561. The number of fused-ring (bicyclic) bond motifs is 1. The highest BCUT2D eigenvalue weighted by Gasteiger charge is 2.19. The molecule has 1 aromatic carbocycles. The minimum absolute atomic E-state index is 0.193. The lowest BCUT2D eigenvalue weighted by molar-refractivity contribution is 0.415. The summed E-state index contributed by atoms with van der Waals surface area (Å²) in [6.07, 6.45) is 1.84. The third kappa shape index (κ3) is 1.77. The molecule has 4 heteroatoms. The van der Waals surface area contributed by atoms with Crippen molar-refractivity contribution in [2.75, 3.05) is 7.11 Å². The summed E-state index contributed by atoms with van der Waals surface area (Å²) in [6.45, 7) is 2.02. The van der Waals surface area contributed by atoms with E-state index in [2.05, 4.69) is 4.99 Å². The number of rotatable bonds is 1. The molecule has 1 heterocycles.